The summed E-state index contributed by atoms with van der Waals surface area (Å²) in [5, 5.41) is 4.20. The minimum Gasteiger partial charge on any atom is -0.496 e. The number of rotatable bonds is 6. The first-order valence-corrected chi connectivity index (χ1v) is 9.62. The monoisotopic (exact) mass is 374 g/mol. The maximum atomic E-state index is 6.38. The molecule has 1 saturated heterocycles. The van der Waals surface area contributed by atoms with Crippen LogP contribution in [0.3, 0.4) is 0 Å². The Kier molecular flexibility index (Phi) is 6.78. The Morgan fingerprint density at radius 3 is 2.73 bits per heavy atom. The van der Waals surface area contributed by atoms with Crippen LogP contribution in [0.4, 0.5) is 0 Å². The Morgan fingerprint density at radius 2 is 1.92 bits per heavy atom. The lowest BCUT2D eigenvalue weighted by atomic mass is 9.95. The van der Waals surface area contributed by atoms with Gasteiger partial charge in [-0.15, -0.1) is 0 Å². The summed E-state index contributed by atoms with van der Waals surface area (Å²) < 4.78 is 11.6. The van der Waals surface area contributed by atoms with Crippen LogP contribution in [0.15, 0.2) is 42.5 Å². The highest BCUT2D eigenvalue weighted by Crippen LogP contribution is 2.40. The predicted molar refractivity (Wildman–Crippen MR) is 107 cm³/mol. The lowest BCUT2D eigenvalue weighted by molar-refractivity contribution is 0.229. The van der Waals surface area contributed by atoms with E-state index in [2.05, 4.69) is 22.3 Å². The van der Waals surface area contributed by atoms with Crippen LogP contribution in [0.1, 0.15) is 30.5 Å². The van der Waals surface area contributed by atoms with Gasteiger partial charge in [0.25, 0.3) is 0 Å². The zero-order valence-electron chi connectivity index (χ0n) is 15.5. The average molecular weight is 375 g/mol. The van der Waals surface area contributed by atoms with E-state index in [1.54, 1.807) is 7.11 Å². The second kappa shape index (κ2) is 9.26. The highest BCUT2D eigenvalue weighted by Gasteiger charge is 2.28. The van der Waals surface area contributed by atoms with Crippen molar-refractivity contribution in [2.45, 2.75) is 19.4 Å². The molecule has 1 aliphatic rings. The first-order valence-electron chi connectivity index (χ1n) is 9.24. The van der Waals surface area contributed by atoms with E-state index in [1.165, 1.54) is 0 Å². The molecule has 0 spiro atoms. The number of nitrogens with zero attached hydrogens (tertiary/aromatic N) is 1. The summed E-state index contributed by atoms with van der Waals surface area (Å²) in [6.45, 7) is 6.61. The fourth-order valence-electron chi connectivity index (χ4n) is 3.60. The zero-order chi connectivity index (χ0) is 18.4. The molecule has 1 unspecified atom stereocenters. The highest BCUT2D eigenvalue weighted by atomic mass is 35.5. The Balaban J connectivity index is 2.13. The van der Waals surface area contributed by atoms with Crippen molar-refractivity contribution in [2.24, 2.45) is 0 Å². The van der Waals surface area contributed by atoms with E-state index in [-0.39, 0.29) is 6.04 Å². The van der Waals surface area contributed by atoms with Gasteiger partial charge in [0.05, 0.1) is 19.8 Å². The van der Waals surface area contributed by atoms with Crippen LogP contribution in [0.2, 0.25) is 5.02 Å². The van der Waals surface area contributed by atoms with Crippen molar-refractivity contribution in [2.75, 3.05) is 39.9 Å². The minimum absolute atomic E-state index is 0.0336. The Bertz CT molecular complexity index is 715. The van der Waals surface area contributed by atoms with Gasteiger partial charge in [0, 0.05) is 35.8 Å². The van der Waals surface area contributed by atoms with Crippen LogP contribution in [0.5, 0.6) is 11.5 Å². The molecule has 0 saturated carbocycles. The summed E-state index contributed by atoms with van der Waals surface area (Å²) in [5.74, 6) is 1.77. The molecule has 140 valence electrons. The summed E-state index contributed by atoms with van der Waals surface area (Å²) in [4.78, 5) is 2.49. The van der Waals surface area contributed by atoms with E-state index in [0.29, 0.717) is 6.61 Å². The van der Waals surface area contributed by atoms with Gasteiger partial charge < -0.3 is 14.8 Å². The zero-order valence-corrected chi connectivity index (χ0v) is 16.3. The predicted octanol–water partition coefficient (Wildman–Crippen LogP) is 4.13. The molecule has 3 rings (SSSR count). The third kappa shape index (κ3) is 4.32. The van der Waals surface area contributed by atoms with Gasteiger partial charge in [-0.25, -0.2) is 0 Å². The molecule has 4 nitrogen and oxygen atoms in total. The number of halogens is 1. The van der Waals surface area contributed by atoms with E-state index in [4.69, 9.17) is 21.1 Å². The molecule has 0 bridgehead atoms. The highest BCUT2D eigenvalue weighted by molar-refractivity contribution is 6.30. The molecule has 0 radical (unpaired) electrons. The molecule has 0 aliphatic carbocycles. The molecule has 5 heteroatoms. The van der Waals surface area contributed by atoms with Crippen LogP contribution < -0.4 is 14.8 Å². The van der Waals surface area contributed by atoms with Crippen LogP contribution in [0, 0.1) is 0 Å². The van der Waals surface area contributed by atoms with Gasteiger partial charge in [0.1, 0.15) is 11.5 Å². The van der Waals surface area contributed by atoms with Crippen LogP contribution in [-0.4, -0.2) is 44.8 Å². The van der Waals surface area contributed by atoms with Gasteiger partial charge in [-0.3, -0.25) is 4.90 Å². The number of hydrogen-bond donors (Lipinski definition) is 1. The summed E-state index contributed by atoms with van der Waals surface area (Å²) in [6.07, 6.45) is 1.11. The molecule has 1 N–H and O–H groups in total. The minimum atomic E-state index is 0.0336. The van der Waals surface area contributed by atoms with Crippen molar-refractivity contribution in [3.05, 3.63) is 58.6 Å². The van der Waals surface area contributed by atoms with Gasteiger partial charge >= 0.3 is 0 Å². The third-order valence-corrected chi connectivity index (χ3v) is 4.97. The molecule has 1 heterocycles. The second-order valence-electron chi connectivity index (χ2n) is 6.40. The van der Waals surface area contributed by atoms with Gasteiger partial charge in [0.15, 0.2) is 0 Å². The van der Waals surface area contributed by atoms with Crippen LogP contribution in [-0.2, 0) is 0 Å². The van der Waals surface area contributed by atoms with Crippen LogP contribution >= 0.6 is 11.6 Å². The van der Waals surface area contributed by atoms with Gasteiger partial charge in [-0.2, -0.15) is 0 Å². The van der Waals surface area contributed by atoms with Gasteiger partial charge in [-0.1, -0.05) is 29.8 Å². The fourth-order valence-corrected chi connectivity index (χ4v) is 3.78. The molecular weight excluding hydrogens is 348 g/mol. The van der Waals surface area contributed by atoms with E-state index in [1.807, 2.05) is 37.3 Å². The molecule has 2 aromatic carbocycles. The van der Waals surface area contributed by atoms with Crippen molar-refractivity contribution < 1.29 is 9.47 Å². The quantitative estimate of drug-likeness (QED) is 0.824. The summed E-state index contributed by atoms with van der Waals surface area (Å²) in [5.41, 5.74) is 2.23. The number of hydrogen-bond acceptors (Lipinski definition) is 4. The number of para-hydroxylation sites is 1. The number of nitrogens with one attached hydrogen (secondary N) is 1. The van der Waals surface area contributed by atoms with Crippen LogP contribution in [0.25, 0.3) is 0 Å². The van der Waals surface area contributed by atoms with E-state index < -0.39 is 0 Å². The smallest absolute Gasteiger partial charge is 0.124 e. The summed E-state index contributed by atoms with van der Waals surface area (Å²) in [6, 6.07) is 14.1. The SMILES string of the molecule is CCOc1ccc(Cl)cc1C(c1ccccc1OC)N1CCCNCC1. The van der Waals surface area contributed by atoms with Crippen molar-refractivity contribution in [3.63, 3.8) is 0 Å². The molecule has 0 amide bonds. The first-order chi connectivity index (χ1) is 12.7. The topological polar surface area (TPSA) is 33.7 Å². The Labute approximate surface area is 161 Å². The van der Waals surface area contributed by atoms with Gasteiger partial charge in [0.2, 0.25) is 0 Å². The lowest BCUT2D eigenvalue weighted by Gasteiger charge is -2.33. The number of ether oxygens (including phenoxy) is 2. The number of methoxy groups -OCH3 is 1. The molecule has 1 atom stereocenters. The number of benzene rings is 2. The maximum absolute atomic E-state index is 6.38. The van der Waals surface area contributed by atoms with Crippen molar-refractivity contribution >= 4 is 11.6 Å². The molecule has 1 fully saturated rings. The lowest BCUT2D eigenvalue weighted by Crippen LogP contribution is -2.33. The Morgan fingerprint density at radius 1 is 1.08 bits per heavy atom. The summed E-state index contributed by atoms with van der Waals surface area (Å²) in [7, 11) is 1.72. The third-order valence-electron chi connectivity index (χ3n) is 4.74. The second-order valence-corrected chi connectivity index (χ2v) is 6.84. The van der Waals surface area contributed by atoms with Crippen molar-refractivity contribution in [1.82, 2.24) is 10.2 Å². The van der Waals surface area contributed by atoms with E-state index >= 15 is 0 Å². The Hall–Kier alpha value is -1.75. The molecule has 26 heavy (non-hydrogen) atoms. The largest absolute Gasteiger partial charge is 0.496 e. The van der Waals surface area contributed by atoms with Crippen molar-refractivity contribution in [1.29, 1.82) is 0 Å². The maximum Gasteiger partial charge on any atom is 0.124 e. The summed E-state index contributed by atoms with van der Waals surface area (Å²) >= 11 is 6.38. The molecule has 1 aliphatic heterocycles. The van der Waals surface area contributed by atoms with Crippen molar-refractivity contribution in [3.8, 4) is 11.5 Å². The first kappa shape index (κ1) is 19.0. The molecular formula is C21H27ClN2O2. The average Bonchev–Trinajstić information content (AvgIpc) is 2.94. The van der Waals surface area contributed by atoms with E-state index in [9.17, 15) is 0 Å². The molecule has 0 aromatic heterocycles. The standard InChI is InChI=1S/C21H27ClN2O2/c1-3-26-20-10-9-16(22)15-18(20)21(24-13-6-11-23-12-14-24)17-7-4-5-8-19(17)25-2/h4-5,7-10,15,21,23H,3,6,11-14H2,1-2H3. The normalized spacial score (nSPS) is 16.7. The molecule has 2 aromatic rings. The fraction of sp³-hybridized carbons (Fsp3) is 0.429. The van der Waals surface area contributed by atoms with E-state index in [0.717, 1.165) is 60.2 Å². The van der Waals surface area contributed by atoms with Gasteiger partial charge in [-0.05, 0) is 44.2 Å².